The maximum atomic E-state index is 0. The molecule has 0 aromatic heterocycles. The standard InChI is InChI=1S/Al.B.Er.In.6H. The van der Waals surface area contributed by atoms with Gasteiger partial charge in [-0.1, -0.05) is 0 Å². The van der Waals surface area contributed by atoms with Crippen LogP contribution in [0.1, 0.15) is 0 Å². The predicted octanol–water partition coefficient (Wildman–Crippen LogP) is -2.75. The van der Waals surface area contributed by atoms with E-state index in [1.165, 1.54) is 0 Å². The molecule has 0 aliphatic heterocycles. The molecular weight excluding hydrogens is 320 g/mol. The van der Waals surface area contributed by atoms with Crippen LogP contribution in [0.25, 0.3) is 0 Å². The summed E-state index contributed by atoms with van der Waals surface area (Å²) in [4.78, 5) is 0. The molecule has 0 amide bonds. The predicted molar refractivity (Wildman–Crippen MR) is 25.6 cm³/mol. The van der Waals surface area contributed by atoms with E-state index in [0.29, 0.717) is 0 Å². The molecule has 0 atom stereocenters. The van der Waals surface area contributed by atoms with Crippen molar-refractivity contribution in [2.24, 2.45) is 0 Å². The van der Waals surface area contributed by atoms with Crippen molar-refractivity contribution in [3.8, 4) is 0 Å². The summed E-state index contributed by atoms with van der Waals surface area (Å²) in [5.74, 6) is 0. The van der Waals surface area contributed by atoms with Crippen molar-refractivity contribution in [2.45, 2.75) is 0 Å². The second-order valence-corrected chi connectivity index (χ2v) is 0. The summed E-state index contributed by atoms with van der Waals surface area (Å²) >= 11 is 0. The molecule has 0 N–H and O–H groups in total. The van der Waals surface area contributed by atoms with E-state index in [1.807, 2.05) is 0 Å². The van der Waals surface area contributed by atoms with Gasteiger partial charge < -0.3 is 0 Å². The van der Waals surface area contributed by atoms with Crippen LogP contribution in [0.5, 0.6) is 0 Å². The Balaban J connectivity index is 0. The maximum absolute atomic E-state index is 0. The van der Waals surface area contributed by atoms with Crippen LogP contribution in [-0.2, 0) is 0 Å². The Bertz CT molecular complexity index is 8.00. The Labute approximate surface area is 87.2 Å². The molecule has 27 valence electrons. The summed E-state index contributed by atoms with van der Waals surface area (Å²) in [6, 6.07) is 0. The number of hydrogen-bond acceptors (Lipinski definition) is 0. The molecule has 4 heavy (non-hydrogen) atoms. The van der Waals surface area contributed by atoms with Crippen LogP contribution in [0, 0.1) is 37.3 Å². The van der Waals surface area contributed by atoms with Crippen LogP contribution in [-0.4, -0.2) is 51.6 Å². The van der Waals surface area contributed by atoms with Crippen LogP contribution in [0.3, 0.4) is 0 Å². The third-order valence-electron chi connectivity index (χ3n) is 0. The van der Waals surface area contributed by atoms with E-state index in [2.05, 4.69) is 0 Å². The van der Waals surface area contributed by atoms with E-state index >= 15 is 0 Å². The van der Waals surface area contributed by atoms with Crippen molar-refractivity contribution in [3.63, 3.8) is 0 Å². The van der Waals surface area contributed by atoms with E-state index in [1.54, 1.807) is 0 Å². The Morgan fingerprint density at radius 1 is 1.00 bits per heavy atom. The molecule has 4 heteroatoms. The van der Waals surface area contributed by atoms with E-state index in [-0.39, 0.29) is 88.9 Å². The number of rotatable bonds is 0. The summed E-state index contributed by atoms with van der Waals surface area (Å²) < 4.78 is 0. The van der Waals surface area contributed by atoms with Gasteiger partial charge in [0.05, 0.1) is 0 Å². The molecule has 0 saturated carbocycles. The molecule has 0 heterocycles. The monoisotopic (exact) mass is 325 g/mol. The van der Waals surface area contributed by atoms with Crippen molar-refractivity contribution in [1.82, 2.24) is 0 Å². The van der Waals surface area contributed by atoms with E-state index in [0.717, 1.165) is 0 Å². The van der Waals surface area contributed by atoms with Gasteiger partial charge in [-0.25, -0.2) is 0 Å². The topological polar surface area (TPSA) is 0 Å². The molecule has 0 aromatic carbocycles. The van der Waals surface area contributed by atoms with E-state index in [4.69, 9.17) is 0 Å². The van der Waals surface area contributed by atoms with Gasteiger partial charge in [0.2, 0.25) is 0 Å². The number of hydrogen-bond donors (Lipinski definition) is 0. The second-order valence-electron chi connectivity index (χ2n) is 0. The SMILES string of the molecule is [AlH3].[B].[Er].[InH3]. The first kappa shape index (κ1) is 29.8. The molecule has 0 bridgehead atoms. The third-order valence-corrected chi connectivity index (χ3v) is 0. The van der Waals surface area contributed by atoms with Crippen molar-refractivity contribution < 1.29 is 37.3 Å². The first-order valence-electron chi connectivity index (χ1n) is 0. The second kappa shape index (κ2) is 17.2. The molecule has 0 aromatic rings. The average molecular weight is 326 g/mol. The van der Waals surface area contributed by atoms with Gasteiger partial charge in [-0.3, -0.25) is 0 Å². The summed E-state index contributed by atoms with van der Waals surface area (Å²) in [5, 5.41) is 0. The van der Waals surface area contributed by atoms with Crippen LogP contribution >= 0.6 is 0 Å². The summed E-state index contributed by atoms with van der Waals surface area (Å²) in [6.45, 7) is 0. The van der Waals surface area contributed by atoms with Crippen LogP contribution in [0.2, 0.25) is 0 Å². The van der Waals surface area contributed by atoms with Gasteiger partial charge in [0, 0.05) is 45.7 Å². The van der Waals surface area contributed by atoms with Crippen LogP contribution < -0.4 is 0 Å². The quantitative estimate of drug-likeness (QED) is 0.424. The normalized spacial score (nSPS) is 0. The zero-order valence-electron chi connectivity index (χ0n) is 0.866. The third kappa shape index (κ3) is 8.83. The van der Waals surface area contributed by atoms with Gasteiger partial charge in [0.25, 0.3) is 0 Å². The van der Waals surface area contributed by atoms with Crippen molar-refractivity contribution in [2.75, 3.05) is 0 Å². The minimum atomic E-state index is 0. The Morgan fingerprint density at radius 3 is 1.00 bits per heavy atom. The first-order valence-corrected chi connectivity index (χ1v) is 0. The average Bonchev–Trinajstić information content (AvgIpc) is 0. The Hall–Kier alpha value is 2.71. The van der Waals surface area contributed by atoms with Crippen molar-refractivity contribution >= 4 is 51.6 Å². The zero-order valence-corrected chi connectivity index (χ0v) is 2.72. The van der Waals surface area contributed by atoms with Crippen LogP contribution in [0.15, 0.2) is 0 Å². The summed E-state index contributed by atoms with van der Waals surface area (Å²) in [5.41, 5.74) is 0. The minimum absolute atomic E-state index is 0. The van der Waals surface area contributed by atoms with Crippen LogP contribution in [0.4, 0.5) is 0 Å². The van der Waals surface area contributed by atoms with E-state index < -0.39 is 0 Å². The van der Waals surface area contributed by atoms with Gasteiger partial charge in [-0.15, -0.1) is 0 Å². The van der Waals surface area contributed by atoms with E-state index in [9.17, 15) is 0 Å². The molecule has 0 rings (SSSR count). The fourth-order valence-corrected chi connectivity index (χ4v) is 0. The first-order chi connectivity index (χ1) is 0. The van der Waals surface area contributed by atoms with Crippen molar-refractivity contribution in [1.29, 1.82) is 0 Å². The Kier molecular flexibility index (Phi) is 128. The molecule has 0 spiro atoms. The zero-order chi connectivity index (χ0) is 0. The molecule has 0 fully saturated rings. The molecule has 0 nitrogen and oxygen atoms in total. The Morgan fingerprint density at radius 2 is 1.00 bits per heavy atom. The summed E-state index contributed by atoms with van der Waals surface area (Å²) in [6.07, 6.45) is 0. The molecule has 0 aliphatic carbocycles. The fraction of sp³-hybridized carbons (Fsp3) is 0. The molecule has 3 radical (unpaired) electrons. The fourth-order valence-electron chi connectivity index (χ4n) is 0. The van der Waals surface area contributed by atoms with Gasteiger partial charge >= 0.3 is 25.8 Å². The van der Waals surface area contributed by atoms with Crippen molar-refractivity contribution in [3.05, 3.63) is 0 Å². The van der Waals surface area contributed by atoms with Gasteiger partial charge in [-0.05, 0) is 0 Å². The molecule has 0 saturated heterocycles. The molecular formula is H6AlBErIn. The van der Waals surface area contributed by atoms with Gasteiger partial charge in [0.15, 0.2) is 17.4 Å². The molecule has 0 aliphatic rings. The summed E-state index contributed by atoms with van der Waals surface area (Å²) in [7, 11) is 0. The van der Waals surface area contributed by atoms with Gasteiger partial charge in [0.1, 0.15) is 0 Å². The van der Waals surface area contributed by atoms with Gasteiger partial charge in [-0.2, -0.15) is 0 Å². The molecule has 0 unspecified atom stereocenters.